The van der Waals surface area contributed by atoms with E-state index in [1.807, 2.05) is 11.8 Å². The standard InChI is InChI=1S/C17H24N2O3S/c1-10-11(2)15(23-12(10)3)18-14(20)8-19-7-13-5-4-6-17(13,9-19)16(21)22/h13H,4-9H2,1-3H3,(H,18,20)(H,21,22)/t13-,17+/m0/s1. The summed E-state index contributed by atoms with van der Waals surface area (Å²) in [4.78, 5) is 27.3. The van der Waals surface area contributed by atoms with Crippen LogP contribution in [-0.2, 0) is 9.59 Å². The van der Waals surface area contributed by atoms with E-state index in [9.17, 15) is 14.7 Å². The maximum atomic E-state index is 12.3. The van der Waals surface area contributed by atoms with Gasteiger partial charge in [0.15, 0.2) is 0 Å². The zero-order valence-electron chi connectivity index (χ0n) is 13.9. The predicted octanol–water partition coefficient (Wildman–Crippen LogP) is 2.80. The molecular formula is C17H24N2O3S. The summed E-state index contributed by atoms with van der Waals surface area (Å²) in [6.45, 7) is 7.65. The molecule has 0 aromatic carbocycles. The average molecular weight is 336 g/mol. The Morgan fingerprint density at radius 1 is 1.35 bits per heavy atom. The van der Waals surface area contributed by atoms with Crippen LogP contribution in [0.15, 0.2) is 0 Å². The lowest BCUT2D eigenvalue weighted by Gasteiger charge is -2.23. The van der Waals surface area contributed by atoms with Gasteiger partial charge in [-0.25, -0.2) is 0 Å². The minimum absolute atomic E-state index is 0.0464. The normalized spacial score (nSPS) is 27.2. The highest BCUT2D eigenvalue weighted by Crippen LogP contribution is 2.48. The van der Waals surface area contributed by atoms with Crippen LogP contribution in [0, 0.1) is 32.1 Å². The summed E-state index contributed by atoms with van der Waals surface area (Å²) >= 11 is 1.60. The van der Waals surface area contributed by atoms with Crippen LogP contribution in [0.2, 0.25) is 0 Å². The molecule has 126 valence electrons. The topological polar surface area (TPSA) is 69.6 Å². The van der Waals surface area contributed by atoms with Gasteiger partial charge in [-0.05, 0) is 50.7 Å². The Hall–Kier alpha value is -1.40. The summed E-state index contributed by atoms with van der Waals surface area (Å²) in [6.07, 6.45) is 2.70. The van der Waals surface area contributed by atoms with E-state index in [-0.39, 0.29) is 18.4 Å². The van der Waals surface area contributed by atoms with Crippen molar-refractivity contribution in [2.45, 2.75) is 40.0 Å². The smallest absolute Gasteiger partial charge is 0.311 e. The Kier molecular flexibility index (Phi) is 4.23. The third kappa shape index (κ3) is 2.78. The second-order valence-corrected chi connectivity index (χ2v) is 8.23. The first-order valence-electron chi connectivity index (χ1n) is 8.15. The number of likely N-dealkylation sites (tertiary alicyclic amines) is 1. The molecule has 1 aromatic rings. The Bertz CT molecular complexity index is 655. The summed E-state index contributed by atoms with van der Waals surface area (Å²) in [7, 11) is 0. The second-order valence-electron chi connectivity index (χ2n) is 7.01. The predicted molar refractivity (Wildman–Crippen MR) is 91.0 cm³/mol. The highest BCUT2D eigenvalue weighted by Gasteiger charge is 2.54. The van der Waals surface area contributed by atoms with Gasteiger partial charge in [0.2, 0.25) is 5.91 Å². The number of fused-ring (bicyclic) bond motifs is 1. The monoisotopic (exact) mass is 336 g/mol. The molecule has 1 saturated heterocycles. The van der Waals surface area contributed by atoms with Gasteiger partial charge in [-0.2, -0.15) is 0 Å². The molecule has 3 rings (SSSR count). The minimum Gasteiger partial charge on any atom is -0.481 e. The van der Waals surface area contributed by atoms with E-state index >= 15 is 0 Å². The van der Waals surface area contributed by atoms with Crippen LogP contribution in [0.3, 0.4) is 0 Å². The van der Waals surface area contributed by atoms with E-state index in [4.69, 9.17) is 0 Å². The van der Waals surface area contributed by atoms with Gasteiger partial charge >= 0.3 is 5.97 Å². The zero-order valence-corrected chi connectivity index (χ0v) is 14.8. The molecule has 1 aliphatic carbocycles. The number of carboxylic acid groups (broad SMARTS) is 1. The molecular weight excluding hydrogens is 312 g/mol. The summed E-state index contributed by atoms with van der Waals surface area (Å²) in [6, 6.07) is 0. The molecule has 1 amide bonds. The van der Waals surface area contributed by atoms with Gasteiger partial charge in [0.1, 0.15) is 0 Å². The number of carbonyl (C=O) groups excluding carboxylic acids is 1. The molecule has 0 unspecified atom stereocenters. The lowest BCUT2D eigenvalue weighted by Crippen LogP contribution is -2.37. The van der Waals surface area contributed by atoms with E-state index in [1.54, 1.807) is 11.3 Å². The molecule has 1 saturated carbocycles. The van der Waals surface area contributed by atoms with E-state index in [1.165, 1.54) is 10.4 Å². The number of aliphatic carboxylic acids is 1. The molecule has 1 aliphatic heterocycles. The zero-order chi connectivity index (χ0) is 16.8. The van der Waals surface area contributed by atoms with E-state index in [2.05, 4.69) is 19.2 Å². The Balaban J connectivity index is 1.63. The van der Waals surface area contributed by atoms with Crippen LogP contribution in [-0.4, -0.2) is 41.5 Å². The van der Waals surface area contributed by atoms with Crippen LogP contribution in [0.5, 0.6) is 0 Å². The van der Waals surface area contributed by atoms with Crippen LogP contribution in [0.1, 0.15) is 35.3 Å². The maximum absolute atomic E-state index is 12.3. The molecule has 0 spiro atoms. The van der Waals surface area contributed by atoms with E-state index < -0.39 is 11.4 Å². The fraction of sp³-hybridized carbons (Fsp3) is 0.647. The summed E-state index contributed by atoms with van der Waals surface area (Å²) in [5, 5.41) is 13.5. The number of hydrogen-bond donors (Lipinski definition) is 2. The third-order valence-corrected chi connectivity index (χ3v) is 6.90. The lowest BCUT2D eigenvalue weighted by molar-refractivity contribution is -0.149. The fourth-order valence-electron chi connectivity index (χ4n) is 4.09. The van der Waals surface area contributed by atoms with Crippen molar-refractivity contribution in [3.05, 3.63) is 16.0 Å². The van der Waals surface area contributed by atoms with Crippen molar-refractivity contribution in [3.63, 3.8) is 0 Å². The van der Waals surface area contributed by atoms with Crippen molar-refractivity contribution >= 4 is 28.2 Å². The number of carboxylic acids is 1. The van der Waals surface area contributed by atoms with Crippen molar-refractivity contribution < 1.29 is 14.7 Å². The Labute approximate surface area is 140 Å². The molecule has 5 nitrogen and oxygen atoms in total. The first-order chi connectivity index (χ1) is 10.8. The van der Waals surface area contributed by atoms with Gasteiger partial charge in [0, 0.05) is 18.0 Å². The maximum Gasteiger partial charge on any atom is 0.311 e. The average Bonchev–Trinajstić information content (AvgIpc) is 3.08. The SMILES string of the molecule is Cc1sc(NC(=O)CN2C[C@@H]3CCC[C@@]3(C(=O)O)C2)c(C)c1C. The molecule has 0 radical (unpaired) electrons. The first kappa shape index (κ1) is 16.5. The van der Waals surface area contributed by atoms with Crippen LogP contribution >= 0.6 is 11.3 Å². The molecule has 2 atom stereocenters. The molecule has 2 aliphatic rings. The Morgan fingerprint density at radius 2 is 2.09 bits per heavy atom. The first-order valence-corrected chi connectivity index (χ1v) is 8.97. The molecule has 23 heavy (non-hydrogen) atoms. The number of thiophene rings is 1. The number of nitrogens with one attached hydrogen (secondary N) is 1. The van der Waals surface area contributed by atoms with Crippen LogP contribution in [0.4, 0.5) is 5.00 Å². The van der Waals surface area contributed by atoms with Gasteiger partial charge in [-0.15, -0.1) is 11.3 Å². The third-order valence-electron chi connectivity index (χ3n) is 5.67. The van der Waals surface area contributed by atoms with Crippen LogP contribution in [0.25, 0.3) is 0 Å². The lowest BCUT2D eigenvalue weighted by atomic mass is 9.81. The molecule has 1 aromatic heterocycles. The van der Waals surface area contributed by atoms with Gasteiger partial charge < -0.3 is 10.4 Å². The van der Waals surface area contributed by atoms with Crippen molar-refractivity contribution in [2.24, 2.45) is 11.3 Å². The van der Waals surface area contributed by atoms with Crippen molar-refractivity contribution in [1.82, 2.24) is 4.90 Å². The van der Waals surface area contributed by atoms with Gasteiger partial charge in [0.05, 0.1) is 17.0 Å². The fourth-order valence-corrected chi connectivity index (χ4v) is 5.18. The van der Waals surface area contributed by atoms with E-state index in [0.717, 1.165) is 36.4 Å². The highest BCUT2D eigenvalue weighted by molar-refractivity contribution is 7.16. The summed E-state index contributed by atoms with van der Waals surface area (Å²) in [5.74, 6) is -0.543. The Morgan fingerprint density at radius 3 is 2.65 bits per heavy atom. The largest absolute Gasteiger partial charge is 0.481 e. The van der Waals surface area contributed by atoms with E-state index in [0.29, 0.717) is 6.54 Å². The van der Waals surface area contributed by atoms with Gasteiger partial charge in [-0.1, -0.05) is 6.42 Å². The molecule has 6 heteroatoms. The van der Waals surface area contributed by atoms with Crippen molar-refractivity contribution in [1.29, 1.82) is 0 Å². The number of aryl methyl sites for hydroxylation is 1. The minimum atomic E-state index is -0.691. The highest BCUT2D eigenvalue weighted by atomic mass is 32.1. The molecule has 2 N–H and O–H groups in total. The molecule has 0 bridgehead atoms. The van der Waals surface area contributed by atoms with Gasteiger partial charge in [-0.3, -0.25) is 14.5 Å². The number of anilines is 1. The van der Waals surface area contributed by atoms with Crippen molar-refractivity contribution in [2.75, 3.05) is 25.0 Å². The number of rotatable bonds is 4. The number of nitrogens with zero attached hydrogens (tertiary/aromatic N) is 1. The van der Waals surface area contributed by atoms with Crippen molar-refractivity contribution in [3.8, 4) is 0 Å². The summed E-state index contributed by atoms with van der Waals surface area (Å²) < 4.78 is 0. The number of amides is 1. The summed E-state index contributed by atoms with van der Waals surface area (Å²) in [5.41, 5.74) is 1.73. The number of carbonyl (C=O) groups is 2. The quantitative estimate of drug-likeness (QED) is 0.887. The molecule has 2 heterocycles. The number of hydrogen-bond acceptors (Lipinski definition) is 4. The van der Waals surface area contributed by atoms with Gasteiger partial charge in [0.25, 0.3) is 0 Å². The second kappa shape index (κ2) is 5.91. The molecule has 2 fully saturated rings. The van der Waals surface area contributed by atoms with Crippen LogP contribution < -0.4 is 5.32 Å².